The normalized spacial score (nSPS) is 16.4. The maximum Gasteiger partial charge on any atom is 0.309 e. The van der Waals surface area contributed by atoms with Gasteiger partial charge in [-0.2, -0.15) is 0 Å². The van der Waals surface area contributed by atoms with E-state index in [1.165, 1.54) is 0 Å². The Bertz CT molecular complexity index is 463. The van der Waals surface area contributed by atoms with Gasteiger partial charge >= 0.3 is 5.97 Å². The summed E-state index contributed by atoms with van der Waals surface area (Å²) < 4.78 is 4.99. The van der Waals surface area contributed by atoms with E-state index in [1.54, 1.807) is 18.7 Å². The first-order chi connectivity index (χ1) is 9.11. The Balaban J connectivity index is 1.89. The van der Waals surface area contributed by atoms with Crippen molar-refractivity contribution in [3.63, 3.8) is 0 Å². The number of amides is 1. The molecule has 0 radical (unpaired) electrons. The lowest BCUT2D eigenvalue weighted by Gasteiger charge is -2.30. The molecule has 0 unspecified atom stereocenters. The number of aromatic nitrogens is 3. The van der Waals surface area contributed by atoms with Crippen molar-refractivity contribution in [2.24, 2.45) is 5.92 Å². The molecule has 2 heterocycles. The molecule has 0 aromatic carbocycles. The van der Waals surface area contributed by atoms with Crippen LogP contribution in [0.25, 0.3) is 0 Å². The van der Waals surface area contributed by atoms with E-state index in [9.17, 15) is 9.59 Å². The average Bonchev–Trinajstić information content (AvgIpc) is 2.85. The predicted octanol–water partition coefficient (Wildman–Crippen LogP) is 0.528. The number of ether oxygens (including phenoxy) is 1. The van der Waals surface area contributed by atoms with Gasteiger partial charge in [0.05, 0.1) is 12.5 Å². The summed E-state index contributed by atoms with van der Waals surface area (Å²) in [4.78, 5) is 29.4. The molecule has 0 bridgehead atoms. The summed E-state index contributed by atoms with van der Waals surface area (Å²) in [6.45, 7) is 5.01. The van der Waals surface area contributed by atoms with E-state index < -0.39 is 0 Å². The maximum absolute atomic E-state index is 12.1. The molecule has 0 spiro atoms. The third kappa shape index (κ3) is 3.10. The van der Waals surface area contributed by atoms with Crippen LogP contribution >= 0.6 is 0 Å². The molecule has 0 aliphatic carbocycles. The number of nitrogens with one attached hydrogen (secondary N) is 1. The first-order valence-electron chi connectivity index (χ1n) is 6.46. The minimum atomic E-state index is -0.188. The minimum Gasteiger partial charge on any atom is -0.466 e. The molecule has 1 aromatic rings. The molecule has 19 heavy (non-hydrogen) atoms. The molecule has 1 aliphatic heterocycles. The second kappa shape index (κ2) is 5.81. The highest BCUT2D eigenvalue weighted by molar-refractivity contribution is 5.90. The first kappa shape index (κ1) is 13.5. The SMILES string of the molecule is CCOC(=O)C1CCN(C(=O)c2n[nH]c(C)n2)CC1. The summed E-state index contributed by atoms with van der Waals surface area (Å²) in [5, 5.41) is 6.51. The summed E-state index contributed by atoms with van der Waals surface area (Å²) in [5.41, 5.74) is 0. The smallest absolute Gasteiger partial charge is 0.309 e. The van der Waals surface area contributed by atoms with Crippen molar-refractivity contribution >= 4 is 11.9 Å². The zero-order chi connectivity index (χ0) is 13.8. The molecule has 2 rings (SSSR count). The van der Waals surface area contributed by atoms with Gasteiger partial charge in [0.25, 0.3) is 5.91 Å². The Kier molecular flexibility index (Phi) is 4.13. The first-order valence-corrected chi connectivity index (χ1v) is 6.46. The molecule has 1 amide bonds. The predicted molar refractivity (Wildman–Crippen MR) is 66.4 cm³/mol. The topological polar surface area (TPSA) is 88.2 Å². The van der Waals surface area contributed by atoms with Crippen LogP contribution in [0.15, 0.2) is 0 Å². The lowest BCUT2D eigenvalue weighted by molar-refractivity contribution is -0.149. The van der Waals surface area contributed by atoms with Crippen molar-refractivity contribution in [3.05, 3.63) is 11.6 Å². The molecule has 7 nitrogen and oxygen atoms in total. The zero-order valence-electron chi connectivity index (χ0n) is 11.2. The molecule has 1 aromatic heterocycles. The maximum atomic E-state index is 12.1. The van der Waals surface area contributed by atoms with E-state index in [0.717, 1.165) is 0 Å². The highest BCUT2D eigenvalue weighted by atomic mass is 16.5. The van der Waals surface area contributed by atoms with Gasteiger partial charge in [-0.1, -0.05) is 0 Å². The Morgan fingerprint density at radius 2 is 2.11 bits per heavy atom. The Morgan fingerprint density at radius 3 is 2.63 bits per heavy atom. The van der Waals surface area contributed by atoms with Crippen molar-refractivity contribution in [3.8, 4) is 0 Å². The van der Waals surface area contributed by atoms with Crippen LogP contribution < -0.4 is 0 Å². The van der Waals surface area contributed by atoms with E-state index in [-0.39, 0.29) is 23.6 Å². The quantitative estimate of drug-likeness (QED) is 0.806. The highest BCUT2D eigenvalue weighted by Gasteiger charge is 2.29. The summed E-state index contributed by atoms with van der Waals surface area (Å²) in [6.07, 6.45) is 1.27. The van der Waals surface area contributed by atoms with Gasteiger partial charge in [0, 0.05) is 13.1 Å². The summed E-state index contributed by atoms with van der Waals surface area (Å²) >= 11 is 0. The number of carbonyl (C=O) groups excluding carboxylic acids is 2. The average molecular weight is 266 g/mol. The number of nitrogens with zero attached hydrogens (tertiary/aromatic N) is 3. The van der Waals surface area contributed by atoms with Gasteiger partial charge < -0.3 is 9.64 Å². The van der Waals surface area contributed by atoms with Crippen LogP contribution in [-0.2, 0) is 9.53 Å². The van der Waals surface area contributed by atoms with Crippen molar-refractivity contribution in [1.29, 1.82) is 0 Å². The molecule has 1 fully saturated rings. The van der Waals surface area contributed by atoms with Gasteiger partial charge in [-0.15, -0.1) is 5.10 Å². The van der Waals surface area contributed by atoms with Crippen LogP contribution in [0.3, 0.4) is 0 Å². The van der Waals surface area contributed by atoms with Crippen LogP contribution in [0, 0.1) is 12.8 Å². The standard InChI is InChI=1S/C12H18N4O3/c1-3-19-12(18)9-4-6-16(7-5-9)11(17)10-13-8(2)14-15-10/h9H,3-7H2,1-2H3,(H,13,14,15). The number of hydrogen-bond donors (Lipinski definition) is 1. The van der Waals surface area contributed by atoms with Crippen LogP contribution in [0.4, 0.5) is 0 Å². The van der Waals surface area contributed by atoms with E-state index in [4.69, 9.17) is 4.74 Å². The van der Waals surface area contributed by atoms with Crippen LogP contribution in [0.1, 0.15) is 36.2 Å². The number of hydrogen-bond acceptors (Lipinski definition) is 5. The summed E-state index contributed by atoms with van der Waals surface area (Å²) in [6, 6.07) is 0. The Hall–Kier alpha value is -1.92. The number of H-pyrrole nitrogens is 1. The zero-order valence-corrected chi connectivity index (χ0v) is 11.2. The lowest BCUT2D eigenvalue weighted by Crippen LogP contribution is -2.41. The Labute approximate surface area is 111 Å². The van der Waals surface area contributed by atoms with E-state index in [0.29, 0.717) is 38.4 Å². The number of likely N-dealkylation sites (tertiary alicyclic amines) is 1. The number of esters is 1. The van der Waals surface area contributed by atoms with Gasteiger partial charge in [0.15, 0.2) is 0 Å². The summed E-state index contributed by atoms with van der Waals surface area (Å²) in [7, 11) is 0. The molecule has 1 saturated heterocycles. The van der Waals surface area contributed by atoms with Crippen LogP contribution in [0.2, 0.25) is 0 Å². The molecule has 7 heteroatoms. The third-order valence-corrected chi connectivity index (χ3v) is 3.19. The molecule has 104 valence electrons. The van der Waals surface area contributed by atoms with E-state index in [2.05, 4.69) is 15.2 Å². The number of aryl methyl sites for hydroxylation is 1. The molecule has 0 saturated carbocycles. The van der Waals surface area contributed by atoms with Crippen molar-refractivity contribution in [2.45, 2.75) is 26.7 Å². The van der Waals surface area contributed by atoms with Gasteiger partial charge in [-0.05, 0) is 26.7 Å². The molecular weight excluding hydrogens is 248 g/mol. The largest absolute Gasteiger partial charge is 0.466 e. The minimum absolute atomic E-state index is 0.0992. The van der Waals surface area contributed by atoms with Crippen molar-refractivity contribution in [1.82, 2.24) is 20.1 Å². The second-order valence-corrected chi connectivity index (χ2v) is 4.56. The summed E-state index contributed by atoms with van der Waals surface area (Å²) in [5.74, 6) is 0.352. The Morgan fingerprint density at radius 1 is 1.42 bits per heavy atom. The van der Waals surface area contributed by atoms with Crippen LogP contribution in [-0.4, -0.2) is 51.7 Å². The number of rotatable bonds is 3. The fourth-order valence-electron chi connectivity index (χ4n) is 2.16. The van der Waals surface area contributed by atoms with Gasteiger partial charge in [-0.3, -0.25) is 14.7 Å². The second-order valence-electron chi connectivity index (χ2n) is 4.56. The van der Waals surface area contributed by atoms with Crippen molar-refractivity contribution in [2.75, 3.05) is 19.7 Å². The lowest BCUT2D eigenvalue weighted by atomic mass is 9.97. The molecule has 1 N–H and O–H groups in total. The third-order valence-electron chi connectivity index (χ3n) is 3.19. The monoisotopic (exact) mass is 266 g/mol. The van der Waals surface area contributed by atoms with E-state index in [1.807, 2.05) is 0 Å². The van der Waals surface area contributed by atoms with Crippen molar-refractivity contribution < 1.29 is 14.3 Å². The fraction of sp³-hybridized carbons (Fsp3) is 0.667. The molecular formula is C12H18N4O3. The van der Waals surface area contributed by atoms with Gasteiger partial charge in [-0.25, -0.2) is 4.98 Å². The van der Waals surface area contributed by atoms with E-state index >= 15 is 0 Å². The number of carbonyl (C=O) groups is 2. The van der Waals surface area contributed by atoms with Crippen LogP contribution in [0.5, 0.6) is 0 Å². The highest BCUT2D eigenvalue weighted by Crippen LogP contribution is 2.19. The van der Waals surface area contributed by atoms with Gasteiger partial charge in [0.2, 0.25) is 5.82 Å². The molecule has 0 atom stereocenters. The fourth-order valence-corrected chi connectivity index (χ4v) is 2.16. The number of piperidine rings is 1. The molecule has 1 aliphatic rings. The van der Waals surface area contributed by atoms with Gasteiger partial charge in [0.1, 0.15) is 5.82 Å². The number of aromatic amines is 1.